The highest BCUT2D eigenvalue weighted by Gasteiger charge is 2.28. The summed E-state index contributed by atoms with van der Waals surface area (Å²) in [5.41, 5.74) is 7.55. The average molecular weight is 591 g/mol. The molecule has 0 atom stereocenters. The van der Waals surface area contributed by atoms with E-state index in [4.69, 9.17) is 20.8 Å². The zero-order valence-corrected chi connectivity index (χ0v) is 24.7. The molecular formula is C40H26N6. The van der Waals surface area contributed by atoms with Gasteiger partial charge in [-0.3, -0.25) is 0 Å². The molecule has 46 heavy (non-hydrogen) atoms. The number of hydrazone groups is 2. The first-order valence-corrected chi connectivity index (χ1v) is 15.3. The van der Waals surface area contributed by atoms with Crippen LogP contribution < -0.4 is 20.7 Å². The molecule has 7 aromatic rings. The van der Waals surface area contributed by atoms with Gasteiger partial charge in [0.25, 0.3) is 0 Å². The maximum Gasteiger partial charge on any atom is 0.180 e. The lowest BCUT2D eigenvalue weighted by Gasteiger charge is -2.30. The molecule has 0 saturated heterocycles. The van der Waals surface area contributed by atoms with Crippen molar-refractivity contribution in [2.24, 2.45) is 10.2 Å². The van der Waals surface area contributed by atoms with Gasteiger partial charge in [0.1, 0.15) is 0 Å². The Kier molecular flexibility index (Phi) is 6.03. The number of benzene rings is 7. The Morgan fingerprint density at radius 3 is 1.13 bits per heavy atom. The SMILES string of the molecule is c1ccc(C2=NN(c3ccccc3)c3c(ccc4cc5c6c(ccc5cc34)[N]C(c3ccccc3)=NN6c3ccccc3)[N]2)cc1. The molecule has 7 aromatic carbocycles. The van der Waals surface area contributed by atoms with E-state index in [0.29, 0.717) is 11.7 Å². The molecule has 0 N–H and O–H groups in total. The molecule has 6 nitrogen and oxygen atoms in total. The van der Waals surface area contributed by atoms with Gasteiger partial charge in [0, 0.05) is 21.9 Å². The van der Waals surface area contributed by atoms with Crippen LogP contribution in [0.1, 0.15) is 11.1 Å². The highest BCUT2D eigenvalue weighted by molar-refractivity contribution is 6.17. The van der Waals surface area contributed by atoms with Crippen molar-refractivity contribution in [2.45, 2.75) is 0 Å². The largest absolute Gasteiger partial charge is 0.229 e. The van der Waals surface area contributed by atoms with Crippen molar-refractivity contribution in [3.8, 4) is 0 Å². The van der Waals surface area contributed by atoms with Crippen LogP contribution in [0.5, 0.6) is 0 Å². The number of amidine groups is 2. The van der Waals surface area contributed by atoms with Crippen LogP contribution in [-0.4, -0.2) is 11.7 Å². The Hall–Kier alpha value is -6.40. The van der Waals surface area contributed by atoms with Crippen molar-refractivity contribution in [3.63, 3.8) is 0 Å². The minimum absolute atomic E-state index is 0.679. The Labute approximate surface area is 266 Å². The molecule has 2 heterocycles. The fourth-order valence-corrected chi connectivity index (χ4v) is 6.21. The number of anilines is 4. The molecule has 2 radical (unpaired) electrons. The van der Waals surface area contributed by atoms with Gasteiger partial charge < -0.3 is 0 Å². The molecule has 0 bridgehead atoms. The molecule has 0 aliphatic carbocycles. The van der Waals surface area contributed by atoms with Gasteiger partial charge in [0.2, 0.25) is 0 Å². The number of nitrogens with zero attached hydrogens (tertiary/aromatic N) is 6. The maximum atomic E-state index is 5.10. The predicted octanol–water partition coefficient (Wildman–Crippen LogP) is 9.49. The molecule has 6 heteroatoms. The van der Waals surface area contributed by atoms with Crippen LogP contribution in [0.4, 0.5) is 34.1 Å². The summed E-state index contributed by atoms with van der Waals surface area (Å²) in [5.74, 6) is 1.36. The summed E-state index contributed by atoms with van der Waals surface area (Å²) >= 11 is 0. The number of hydrogen-bond acceptors (Lipinski definition) is 4. The summed E-state index contributed by atoms with van der Waals surface area (Å²) < 4.78 is 0. The Morgan fingerprint density at radius 1 is 0.370 bits per heavy atom. The first kappa shape index (κ1) is 26.0. The van der Waals surface area contributed by atoms with Gasteiger partial charge >= 0.3 is 0 Å². The predicted molar refractivity (Wildman–Crippen MR) is 188 cm³/mol. The van der Waals surface area contributed by atoms with E-state index in [2.05, 4.69) is 60.7 Å². The van der Waals surface area contributed by atoms with Gasteiger partial charge in [-0.15, -0.1) is 10.2 Å². The van der Waals surface area contributed by atoms with Gasteiger partial charge in [-0.05, 0) is 59.3 Å². The van der Waals surface area contributed by atoms with Crippen LogP contribution in [0.25, 0.3) is 21.5 Å². The lowest BCUT2D eigenvalue weighted by atomic mass is 9.98. The van der Waals surface area contributed by atoms with Crippen molar-refractivity contribution in [3.05, 3.63) is 169 Å². The second-order valence-electron chi connectivity index (χ2n) is 11.3. The Balaban J connectivity index is 1.25. The minimum Gasteiger partial charge on any atom is -0.229 e. The van der Waals surface area contributed by atoms with Gasteiger partial charge in [-0.1, -0.05) is 109 Å². The molecule has 2 aliphatic rings. The van der Waals surface area contributed by atoms with E-state index >= 15 is 0 Å². The van der Waals surface area contributed by atoms with Crippen molar-refractivity contribution >= 4 is 67.3 Å². The Morgan fingerprint density at radius 2 is 0.739 bits per heavy atom. The summed E-state index contributed by atoms with van der Waals surface area (Å²) in [7, 11) is 0. The molecule has 0 aromatic heterocycles. The molecular weight excluding hydrogens is 564 g/mol. The number of fused-ring (bicyclic) bond motifs is 6. The summed E-state index contributed by atoms with van der Waals surface area (Å²) in [4.78, 5) is 0. The van der Waals surface area contributed by atoms with Crippen LogP contribution in [0, 0.1) is 0 Å². The third-order valence-corrected chi connectivity index (χ3v) is 8.39. The van der Waals surface area contributed by atoms with E-state index in [1.807, 2.05) is 107 Å². The Bertz CT molecular complexity index is 2130. The van der Waals surface area contributed by atoms with Crippen LogP contribution in [0.15, 0.2) is 168 Å². The first-order valence-electron chi connectivity index (χ1n) is 15.3. The first-order chi connectivity index (χ1) is 22.8. The molecule has 9 rings (SSSR count). The summed E-state index contributed by atoms with van der Waals surface area (Å²) in [6, 6.07) is 53.8. The number of hydrogen-bond donors (Lipinski definition) is 0. The number of para-hydroxylation sites is 2. The summed E-state index contributed by atoms with van der Waals surface area (Å²) in [5, 5.41) is 28.6. The van der Waals surface area contributed by atoms with Gasteiger partial charge in [0.15, 0.2) is 11.7 Å². The monoisotopic (exact) mass is 590 g/mol. The third kappa shape index (κ3) is 4.35. The van der Waals surface area contributed by atoms with Crippen LogP contribution in [0.2, 0.25) is 0 Å². The molecule has 216 valence electrons. The smallest absolute Gasteiger partial charge is 0.180 e. The van der Waals surface area contributed by atoms with Crippen LogP contribution >= 0.6 is 0 Å². The molecule has 0 fully saturated rings. The standard InChI is InChI=1S/C40H26N6/c1-5-13-27(14-6-1)39-41-35-23-21-29-26-34-30(25-33(29)37(35)45(43-39)31-17-9-3-10-18-31)22-24-36-38(34)46(32-19-11-4-12-20-32)44-40(42-36)28-15-7-2-8-16-28/h1-26H. The van der Waals surface area contributed by atoms with Gasteiger partial charge in [0.05, 0.1) is 34.1 Å². The molecule has 0 saturated carbocycles. The quantitative estimate of drug-likeness (QED) is 0.192. The van der Waals surface area contributed by atoms with Crippen molar-refractivity contribution in [2.75, 3.05) is 10.0 Å². The van der Waals surface area contributed by atoms with E-state index in [1.54, 1.807) is 0 Å². The maximum absolute atomic E-state index is 5.10. The molecule has 0 spiro atoms. The topological polar surface area (TPSA) is 59.4 Å². The van der Waals surface area contributed by atoms with Crippen molar-refractivity contribution in [1.82, 2.24) is 10.6 Å². The summed E-state index contributed by atoms with van der Waals surface area (Å²) in [6.07, 6.45) is 0. The molecule has 0 unspecified atom stereocenters. The lowest BCUT2D eigenvalue weighted by Crippen LogP contribution is -2.26. The molecule has 2 aliphatic heterocycles. The average Bonchev–Trinajstić information content (AvgIpc) is 3.14. The fourth-order valence-electron chi connectivity index (χ4n) is 6.21. The van der Waals surface area contributed by atoms with E-state index in [0.717, 1.165) is 66.8 Å². The second-order valence-corrected chi connectivity index (χ2v) is 11.3. The zero-order valence-electron chi connectivity index (χ0n) is 24.7. The van der Waals surface area contributed by atoms with E-state index in [9.17, 15) is 0 Å². The highest BCUT2D eigenvalue weighted by Crippen LogP contribution is 2.47. The lowest BCUT2D eigenvalue weighted by molar-refractivity contribution is 1.01. The summed E-state index contributed by atoms with van der Waals surface area (Å²) in [6.45, 7) is 0. The third-order valence-electron chi connectivity index (χ3n) is 8.39. The van der Waals surface area contributed by atoms with E-state index in [1.165, 1.54) is 0 Å². The van der Waals surface area contributed by atoms with E-state index in [-0.39, 0.29) is 0 Å². The number of rotatable bonds is 4. The van der Waals surface area contributed by atoms with Crippen LogP contribution in [0.3, 0.4) is 0 Å². The fraction of sp³-hybridized carbons (Fsp3) is 0. The second kappa shape index (κ2) is 10.6. The zero-order chi connectivity index (χ0) is 30.5. The van der Waals surface area contributed by atoms with Crippen LogP contribution in [-0.2, 0) is 0 Å². The van der Waals surface area contributed by atoms with Crippen molar-refractivity contribution < 1.29 is 0 Å². The van der Waals surface area contributed by atoms with Crippen molar-refractivity contribution in [1.29, 1.82) is 0 Å². The van der Waals surface area contributed by atoms with Gasteiger partial charge in [-0.2, -0.15) is 0 Å². The highest BCUT2D eigenvalue weighted by atomic mass is 15.5. The molecule has 0 amide bonds. The minimum atomic E-state index is 0.679. The van der Waals surface area contributed by atoms with E-state index < -0.39 is 0 Å². The normalized spacial score (nSPS) is 13.7. The van der Waals surface area contributed by atoms with Gasteiger partial charge in [-0.25, -0.2) is 20.7 Å².